The fourth-order valence-electron chi connectivity index (χ4n) is 5.41. The molecule has 0 radical (unpaired) electrons. The third kappa shape index (κ3) is 4.57. The zero-order chi connectivity index (χ0) is 22.9. The zero-order valence-corrected chi connectivity index (χ0v) is 20.1. The van der Waals surface area contributed by atoms with Crippen LogP contribution in [0.5, 0.6) is 0 Å². The third-order valence-corrected chi connectivity index (χ3v) is 9.30. The second-order valence-corrected chi connectivity index (χ2v) is 11.4. The van der Waals surface area contributed by atoms with E-state index in [0.29, 0.717) is 37.4 Å². The lowest BCUT2D eigenvalue weighted by Crippen LogP contribution is -2.55. The monoisotopic (exact) mass is 461 g/mol. The van der Waals surface area contributed by atoms with Gasteiger partial charge in [-0.15, -0.1) is 0 Å². The molecule has 3 aliphatic rings. The van der Waals surface area contributed by atoms with Crippen molar-refractivity contribution in [2.24, 2.45) is 5.92 Å². The summed E-state index contributed by atoms with van der Waals surface area (Å²) in [6.07, 6.45) is 5.73. The van der Waals surface area contributed by atoms with Crippen LogP contribution in [0.4, 0.5) is 0 Å². The Hall–Kier alpha value is -1.93. The summed E-state index contributed by atoms with van der Waals surface area (Å²) in [4.78, 5) is 30.5. The van der Waals surface area contributed by atoms with Crippen molar-refractivity contribution in [3.05, 3.63) is 29.3 Å². The molecule has 32 heavy (non-hydrogen) atoms. The summed E-state index contributed by atoms with van der Waals surface area (Å²) < 4.78 is 27.8. The topological polar surface area (TPSA) is 78.0 Å². The van der Waals surface area contributed by atoms with Crippen molar-refractivity contribution < 1.29 is 18.0 Å². The number of nitrogens with zero attached hydrogens (tertiary/aromatic N) is 3. The molecule has 0 saturated carbocycles. The Morgan fingerprint density at radius 2 is 1.50 bits per heavy atom. The number of aryl methyl sites for hydroxylation is 2. The number of carbonyl (C=O) groups is 2. The van der Waals surface area contributed by atoms with Crippen LogP contribution in [0.15, 0.2) is 23.1 Å². The van der Waals surface area contributed by atoms with Gasteiger partial charge in [-0.3, -0.25) is 9.59 Å². The van der Waals surface area contributed by atoms with Crippen LogP contribution in [0, 0.1) is 19.8 Å². The number of benzene rings is 1. The van der Waals surface area contributed by atoms with E-state index in [1.807, 2.05) is 35.8 Å². The summed E-state index contributed by atoms with van der Waals surface area (Å²) in [5.74, 6) is -0.0798. The van der Waals surface area contributed by atoms with E-state index in [4.69, 9.17) is 0 Å². The Balaban J connectivity index is 1.41. The predicted molar refractivity (Wildman–Crippen MR) is 123 cm³/mol. The minimum Gasteiger partial charge on any atom is -0.341 e. The van der Waals surface area contributed by atoms with Crippen molar-refractivity contribution in [2.75, 3.05) is 32.7 Å². The van der Waals surface area contributed by atoms with Crippen LogP contribution in [0.1, 0.15) is 56.1 Å². The van der Waals surface area contributed by atoms with Crippen molar-refractivity contribution in [3.8, 4) is 0 Å². The van der Waals surface area contributed by atoms with Gasteiger partial charge in [0.1, 0.15) is 6.04 Å². The number of piperidine rings is 2. The quantitative estimate of drug-likeness (QED) is 0.691. The third-order valence-electron chi connectivity index (χ3n) is 7.24. The minimum atomic E-state index is -3.57. The molecule has 7 nitrogen and oxygen atoms in total. The highest BCUT2D eigenvalue weighted by molar-refractivity contribution is 7.89. The van der Waals surface area contributed by atoms with Crippen LogP contribution in [0.3, 0.4) is 0 Å². The van der Waals surface area contributed by atoms with E-state index in [2.05, 4.69) is 0 Å². The Morgan fingerprint density at radius 3 is 2.16 bits per heavy atom. The fraction of sp³-hybridized carbons (Fsp3) is 0.667. The molecule has 8 heteroatoms. The lowest BCUT2D eigenvalue weighted by Gasteiger charge is -2.40. The summed E-state index contributed by atoms with van der Waals surface area (Å²) in [5, 5.41) is 0. The molecule has 4 rings (SSSR count). The lowest BCUT2D eigenvalue weighted by atomic mass is 9.93. The fourth-order valence-corrected chi connectivity index (χ4v) is 7.08. The van der Waals surface area contributed by atoms with Gasteiger partial charge in [-0.25, -0.2) is 8.42 Å². The van der Waals surface area contributed by atoms with E-state index >= 15 is 0 Å². The Morgan fingerprint density at radius 1 is 0.844 bits per heavy atom. The summed E-state index contributed by atoms with van der Waals surface area (Å²) >= 11 is 0. The Kier molecular flexibility index (Phi) is 6.91. The Labute approximate surface area is 191 Å². The molecule has 1 aromatic rings. The molecule has 0 aromatic heterocycles. The molecule has 1 atom stereocenters. The maximum atomic E-state index is 13.4. The van der Waals surface area contributed by atoms with Crippen LogP contribution >= 0.6 is 0 Å². The molecule has 3 fully saturated rings. The highest BCUT2D eigenvalue weighted by Crippen LogP contribution is 2.29. The second kappa shape index (κ2) is 9.51. The summed E-state index contributed by atoms with van der Waals surface area (Å²) in [6.45, 7) is 6.67. The average Bonchev–Trinajstić information content (AvgIpc) is 3.33. The first kappa shape index (κ1) is 23.2. The molecule has 0 aliphatic carbocycles. The van der Waals surface area contributed by atoms with Crippen molar-refractivity contribution in [3.63, 3.8) is 0 Å². The first-order valence-electron chi connectivity index (χ1n) is 12.0. The molecular weight excluding hydrogens is 426 g/mol. The Bertz CT molecular complexity index is 963. The molecule has 1 unspecified atom stereocenters. The molecule has 0 N–H and O–H groups in total. The number of hydrogen-bond acceptors (Lipinski definition) is 4. The smallest absolute Gasteiger partial charge is 0.245 e. The van der Waals surface area contributed by atoms with Gasteiger partial charge in [-0.1, -0.05) is 17.7 Å². The molecule has 176 valence electrons. The maximum Gasteiger partial charge on any atom is 0.245 e. The summed E-state index contributed by atoms with van der Waals surface area (Å²) in [7, 11) is -3.57. The summed E-state index contributed by atoms with van der Waals surface area (Å²) in [5.41, 5.74) is 1.78. The maximum absolute atomic E-state index is 13.4. The summed E-state index contributed by atoms with van der Waals surface area (Å²) in [6, 6.07) is 5.05. The van der Waals surface area contributed by atoms with Gasteiger partial charge in [0.15, 0.2) is 0 Å². The number of amides is 2. The standard InChI is InChI=1S/C24H35N3O4S/c1-18-8-9-22(19(2)17-18)32(30,31)26-15-10-20(11-16-26)23(28)27-14-4-3-7-21(27)24(29)25-12-5-6-13-25/h8-9,17,20-21H,3-7,10-16H2,1-2H3. The zero-order valence-electron chi connectivity index (χ0n) is 19.3. The SMILES string of the molecule is Cc1ccc(S(=O)(=O)N2CCC(C(=O)N3CCCCC3C(=O)N3CCCC3)CC2)c(C)c1. The lowest BCUT2D eigenvalue weighted by molar-refractivity contribution is -0.150. The van der Waals surface area contributed by atoms with Gasteiger partial charge in [0.05, 0.1) is 4.90 Å². The number of sulfonamides is 1. The van der Waals surface area contributed by atoms with E-state index in [9.17, 15) is 18.0 Å². The number of rotatable bonds is 4. The largest absolute Gasteiger partial charge is 0.341 e. The van der Waals surface area contributed by atoms with Gasteiger partial charge in [0.2, 0.25) is 21.8 Å². The van der Waals surface area contributed by atoms with E-state index in [-0.39, 0.29) is 23.8 Å². The molecule has 3 aliphatic heterocycles. The molecule has 3 heterocycles. The van der Waals surface area contributed by atoms with Crippen LogP contribution in [-0.2, 0) is 19.6 Å². The molecule has 3 saturated heterocycles. The minimum absolute atomic E-state index is 0.0332. The van der Waals surface area contributed by atoms with Crippen molar-refractivity contribution in [2.45, 2.75) is 69.7 Å². The van der Waals surface area contributed by atoms with Gasteiger partial charge in [0, 0.05) is 38.6 Å². The normalized spacial score (nSPS) is 23.5. The molecule has 2 amide bonds. The molecular formula is C24H35N3O4S. The van der Waals surface area contributed by atoms with Crippen molar-refractivity contribution in [1.82, 2.24) is 14.1 Å². The average molecular weight is 462 g/mol. The molecule has 0 bridgehead atoms. The highest BCUT2D eigenvalue weighted by atomic mass is 32.2. The number of likely N-dealkylation sites (tertiary alicyclic amines) is 2. The molecule has 1 aromatic carbocycles. The van der Waals surface area contributed by atoms with E-state index in [0.717, 1.165) is 56.3 Å². The highest BCUT2D eigenvalue weighted by Gasteiger charge is 2.40. The van der Waals surface area contributed by atoms with Gasteiger partial charge in [-0.05, 0) is 70.4 Å². The van der Waals surface area contributed by atoms with Crippen LogP contribution in [-0.4, -0.2) is 73.1 Å². The van der Waals surface area contributed by atoms with Gasteiger partial charge < -0.3 is 9.80 Å². The first-order chi connectivity index (χ1) is 15.3. The van der Waals surface area contributed by atoms with E-state index in [1.165, 1.54) is 4.31 Å². The van der Waals surface area contributed by atoms with Gasteiger partial charge in [0.25, 0.3) is 0 Å². The van der Waals surface area contributed by atoms with E-state index < -0.39 is 10.0 Å². The van der Waals surface area contributed by atoms with Crippen LogP contribution < -0.4 is 0 Å². The van der Waals surface area contributed by atoms with Crippen LogP contribution in [0.2, 0.25) is 0 Å². The van der Waals surface area contributed by atoms with Crippen LogP contribution in [0.25, 0.3) is 0 Å². The van der Waals surface area contributed by atoms with Crippen molar-refractivity contribution in [1.29, 1.82) is 0 Å². The first-order valence-corrected chi connectivity index (χ1v) is 13.4. The number of carbonyl (C=O) groups excluding carboxylic acids is 2. The second-order valence-electron chi connectivity index (χ2n) is 9.52. The van der Waals surface area contributed by atoms with Gasteiger partial charge in [-0.2, -0.15) is 4.31 Å². The molecule has 0 spiro atoms. The van der Waals surface area contributed by atoms with Gasteiger partial charge >= 0.3 is 0 Å². The van der Waals surface area contributed by atoms with E-state index in [1.54, 1.807) is 6.07 Å². The van der Waals surface area contributed by atoms with Crippen molar-refractivity contribution >= 4 is 21.8 Å². The predicted octanol–water partition coefficient (Wildman–Crippen LogP) is 2.71. The number of hydrogen-bond donors (Lipinski definition) is 0.